The Morgan fingerprint density at radius 3 is 2.61 bits per heavy atom. The van der Waals surface area contributed by atoms with Crippen molar-refractivity contribution in [3.05, 3.63) is 58.1 Å². The maximum atomic E-state index is 13.8. The molecule has 0 atom stereocenters. The van der Waals surface area contributed by atoms with Crippen LogP contribution in [0.2, 0.25) is 0 Å². The lowest BCUT2D eigenvalue weighted by molar-refractivity contribution is -0.138. The molecule has 31 heavy (non-hydrogen) atoms. The topological polar surface area (TPSA) is 65.4 Å². The molecule has 3 rings (SSSR count). The maximum Gasteiger partial charge on any atom is 0.416 e. The molecular weight excluding hydrogens is 407 g/mol. The van der Waals surface area contributed by atoms with Crippen LogP contribution in [-0.2, 0) is 18.1 Å². The highest BCUT2D eigenvalue weighted by atomic mass is 19.4. The number of benzene rings is 2. The second-order valence-corrected chi connectivity index (χ2v) is 7.99. The molecule has 2 aromatic carbocycles. The zero-order valence-corrected chi connectivity index (χ0v) is 17.9. The summed E-state index contributed by atoms with van der Waals surface area (Å²) in [5.74, 6) is -0.255. The molecule has 0 bridgehead atoms. The second-order valence-electron chi connectivity index (χ2n) is 7.99. The minimum atomic E-state index is -4.54. The van der Waals surface area contributed by atoms with E-state index in [1.165, 1.54) is 18.2 Å². The molecule has 0 fully saturated rings. The molecule has 0 spiro atoms. The summed E-state index contributed by atoms with van der Waals surface area (Å²) in [6.45, 7) is 6.37. The molecule has 1 heterocycles. The van der Waals surface area contributed by atoms with Gasteiger partial charge in [-0.15, -0.1) is 0 Å². The molecule has 0 saturated carbocycles. The predicted octanol–water partition coefficient (Wildman–Crippen LogP) is 4.95. The molecule has 8 heteroatoms. The van der Waals surface area contributed by atoms with E-state index in [0.717, 1.165) is 6.07 Å². The fraction of sp³-hybridized carbons (Fsp3) is 0.391. The van der Waals surface area contributed by atoms with Crippen LogP contribution in [0.3, 0.4) is 0 Å². The van der Waals surface area contributed by atoms with Crippen molar-refractivity contribution in [2.24, 2.45) is 0 Å². The number of carbonyl (C=O) groups is 1. The number of ether oxygens (including phenoxy) is 1. The molecule has 0 saturated heterocycles. The van der Waals surface area contributed by atoms with Crippen LogP contribution in [0.1, 0.15) is 53.4 Å². The number of anilines is 1. The van der Waals surface area contributed by atoms with Crippen molar-refractivity contribution in [1.29, 1.82) is 5.26 Å². The Bertz CT molecular complexity index is 1060. The van der Waals surface area contributed by atoms with Crippen LogP contribution in [0.15, 0.2) is 30.3 Å². The van der Waals surface area contributed by atoms with Crippen LogP contribution in [0.4, 0.5) is 18.9 Å². The van der Waals surface area contributed by atoms with Gasteiger partial charge in [0.1, 0.15) is 11.8 Å². The molecule has 1 aliphatic rings. The largest absolute Gasteiger partial charge is 0.492 e. The Morgan fingerprint density at radius 2 is 2.00 bits per heavy atom. The molecule has 0 unspecified atom stereocenters. The number of rotatable bonds is 4. The van der Waals surface area contributed by atoms with Gasteiger partial charge < -0.3 is 10.1 Å². The van der Waals surface area contributed by atoms with Crippen LogP contribution in [0.5, 0.6) is 5.75 Å². The van der Waals surface area contributed by atoms with Gasteiger partial charge in [-0.3, -0.25) is 9.69 Å². The highest BCUT2D eigenvalue weighted by molar-refractivity contribution is 6.04. The first-order valence-electron chi connectivity index (χ1n) is 9.93. The van der Waals surface area contributed by atoms with Crippen molar-refractivity contribution in [3.63, 3.8) is 0 Å². The molecule has 1 aliphatic heterocycles. The van der Waals surface area contributed by atoms with Gasteiger partial charge in [0.25, 0.3) is 5.91 Å². The third-order valence-electron chi connectivity index (χ3n) is 5.79. The quantitative estimate of drug-likeness (QED) is 0.744. The molecule has 0 aliphatic carbocycles. The maximum absolute atomic E-state index is 13.8. The minimum Gasteiger partial charge on any atom is -0.492 e. The number of nitrogens with one attached hydrogen (secondary N) is 1. The number of alkyl halides is 3. The summed E-state index contributed by atoms with van der Waals surface area (Å²) in [6.07, 6.45) is -4.26. The third kappa shape index (κ3) is 4.37. The molecule has 2 aromatic rings. The summed E-state index contributed by atoms with van der Waals surface area (Å²) in [7, 11) is 1.87. The van der Waals surface area contributed by atoms with Gasteiger partial charge in [-0.1, -0.05) is 0 Å². The summed E-state index contributed by atoms with van der Waals surface area (Å²) in [6, 6.07) is 8.90. The average Bonchev–Trinajstić information content (AvgIpc) is 2.70. The van der Waals surface area contributed by atoms with Gasteiger partial charge >= 0.3 is 6.18 Å². The standard InChI is InChI=1S/C23H24F3N3O2/c1-5-31-20-7-6-14(10-15(20)13-27)21(30)28-16-11-18-17(19(12-16)23(24,25)26)8-9-29(4)22(18,2)3/h6-7,10-12H,5,8-9H2,1-4H3,(H,28,30). The summed E-state index contributed by atoms with van der Waals surface area (Å²) in [5.41, 5.74) is -0.155. The zero-order valence-electron chi connectivity index (χ0n) is 17.9. The molecule has 164 valence electrons. The number of hydrogen-bond acceptors (Lipinski definition) is 4. The van der Waals surface area contributed by atoms with E-state index in [0.29, 0.717) is 24.5 Å². The number of carbonyl (C=O) groups excluding carboxylic acids is 1. The first-order valence-corrected chi connectivity index (χ1v) is 9.93. The van der Waals surface area contributed by atoms with Crippen molar-refractivity contribution >= 4 is 11.6 Å². The number of amides is 1. The van der Waals surface area contributed by atoms with Gasteiger partial charge in [0, 0.05) is 23.3 Å². The number of hydrogen-bond donors (Lipinski definition) is 1. The summed E-state index contributed by atoms with van der Waals surface area (Å²) in [5, 5.41) is 11.9. The van der Waals surface area contributed by atoms with E-state index in [1.54, 1.807) is 13.0 Å². The SMILES string of the molecule is CCOc1ccc(C(=O)Nc2cc(C(F)(F)F)c3c(c2)C(C)(C)N(C)CC3)cc1C#N. The number of fused-ring (bicyclic) bond motifs is 1. The van der Waals surface area contributed by atoms with Gasteiger partial charge in [0.05, 0.1) is 17.7 Å². The van der Waals surface area contributed by atoms with E-state index in [4.69, 9.17) is 4.74 Å². The predicted molar refractivity (Wildman–Crippen MR) is 111 cm³/mol. The Labute approximate surface area is 179 Å². The second kappa shape index (κ2) is 8.23. The van der Waals surface area contributed by atoms with Crippen molar-refractivity contribution in [3.8, 4) is 11.8 Å². The van der Waals surface area contributed by atoms with Crippen LogP contribution in [0, 0.1) is 11.3 Å². The monoisotopic (exact) mass is 431 g/mol. The van der Waals surface area contributed by atoms with Gasteiger partial charge in [-0.2, -0.15) is 18.4 Å². The van der Waals surface area contributed by atoms with Crippen LogP contribution in [0.25, 0.3) is 0 Å². The molecule has 1 amide bonds. The lowest BCUT2D eigenvalue weighted by Crippen LogP contribution is -2.44. The highest BCUT2D eigenvalue weighted by Gasteiger charge is 2.40. The third-order valence-corrected chi connectivity index (χ3v) is 5.79. The fourth-order valence-electron chi connectivity index (χ4n) is 3.82. The molecule has 0 radical (unpaired) electrons. The molecule has 1 N–H and O–H groups in total. The van der Waals surface area contributed by atoms with Crippen LogP contribution < -0.4 is 10.1 Å². The Kier molecular flexibility index (Phi) is 6.01. The van der Waals surface area contributed by atoms with E-state index in [1.807, 2.05) is 31.9 Å². The smallest absolute Gasteiger partial charge is 0.416 e. The number of halogens is 3. The summed E-state index contributed by atoms with van der Waals surface area (Å²) < 4.78 is 46.8. The minimum absolute atomic E-state index is 0.0619. The van der Waals surface area contributed by atoms with E-state index in [2.05, 4.69) is 5.32 Å². The Morgan fingerprint density at radius 1 is 1.29 bits per heavy atom. The van der Waals surface area contributed by atoms with Crippen molar-refractivity contribution in [2.45, 2.75) is 38.9 Å². The van der Waals surface area contributed by atoms with Gasteiger partial charge in [-0.25, -0.2) is 0 Å². The van der Waals surface area contributed by atoms with E-state index in [9.17, 15) is 23.2 Å². The van der Waals surface area contributed by atoms with Crippen molar-refractivity contribution < 1.29 is 22.7 Å². The Hall–Kier alpha value is -3.05. The average molecular weight is 431 g/mol. The molecular formula is C23H24F3N3O2. The van der Waals surface area contributed by atoms with Crippen LogP contribution >= 0.6 is 0 Å². The Balaban J connectivity index is 2.02. The first kappa shape index (κ1) is 22.6. The normalized spacial score (nSPS) is 15.7. The number of likely N-dealkylation sites (N-methyl/N-ethyl adjacent to an activating group) is 1. The highest BCUT2D eigenvalue weighted by Crippen LogP contribution is 2.43. The van der Waals surface area contributed by atoms with Crippen LogP contribution in [-0.4, -0.2) is 31.0 Å². The van der Waals surface area contributed by atoms with Crippen molar-refractivity contribution in [1.82, 2.24) is 4.90 Å². The summed E-state index contributed by atoms with van der Waals surface area (Å²) in [4.78, 5) is 14.7. The first-order chi connectivity index (χ1) is 14.5. The lowest BCUT2D eigenvalue weighted by Gasteiger charge is -2.42. The molecule has 0 aromatic heterocycles. The number of nitrogens with zero attached hydrogens (tertiary/aromatic N) is 2. The molecule has 5 nitrogen and oxygen atoms in total. The zero-order chi connectivity index (χ0) is 23.0. The summed E-state index contributed by atoms with van der Waals surface area (Å²) >= 11 is 0. The van der Waals surface area contributed by atoms with Gasteiger partial charge in [-0.05, 0) is 75.7 Å². The van der Waals surface area contributed by atoms with Gasteiger partial charge in [0.2, 0.25) is 0 Å². The van der Waals surface area contributed by atoms with E-state index < -0.39 is 23.2 Å². The number of nitriles is 1. The fourth-order valence-corrected chi connectivity index (χ4v) is 3.82. The van der Waals surface area contributed by atoms with E-state index in [-0.39, 0.29) is 28.8 Å². The lowest BCUT2D eigenvalue weighted by atomic mass is 9.81. The van der Waals surface area contributed by atoms with E-state index >= 15 is 0 Å². The van der Waals surface area contributed by atoms with Gasteiger partial charge in [0.15, 0.2) is 0 Å². The van der Waals surface area contributed by atoms with Crippen molar-refractivity contribution in [2.75, 3.05) is 25.5 Å².